The SMILES string of the molecule is CCCS(=O)(=O)N1CCCC(C(=O)NCc2nc3ccccc3[nH]2)C1. The fourth-order valence-electron chi connectivity index (χ4n) is 3.20. The van der Waals surface area contributed by atoms with Crippen molar-refractivity contribution in [2.24, 2.45) is 5.92 Å². The zero-order valence-electron chi connectivity index (χ0n) is 14.4. The molecule has 2 heterocycles. The van der Waals surface area contributed by atoms with Crippen LogP contribution in [0.5, 0.6) is 0 Å². The summed E-state index contributed by atoms with van der Waals surface area (Å²) in [6.45, 7) is 2.94. The van der Waals surface area contributed by atoms with Crippen molar-refractivity contribution >= 4 is 27.0 Å². The zero-order valence-corrected chi connectivity index (χ0v) is 15.2. The van der Waals surface area contributed by atoms with Crippen molar-refractivity contribution in [3.8, 4) is 0 Å². The van der Waals surface area contributed by atoms with Gasteiger partial charge in [-0.05, 0) is 31.4 Å². The summed E-state index contributed by atoms with van der Waals surface area (Å²) in [5.41, 5.74) is 1.79. The van der Waals surface area contributed by atoms with Crippen molar-refractivity contribution in [1.82, 2.24) is 19.6 Å². The van der Waals surface area contributed by atoms with Gasteiger partial charge in [-0.25, -0.2) is 17.7 Å². The van der Waals surface area contributed by atoms with Gasteiger partial charge < -0.3 is 10.3 Å². The summed E-state index contributed by atoms with van der Waals surface area (Å²) in [6, 6.07) is 7.69. The van der Waals surface area contributed by atoms with Crippen LogP contribution in [0.4, 0.5) is 0 Å². The maximum Gasteiger partial charge on any atom is 0.224 e. The van der Waals surface area contributed by atoms with Crippen LogP contribution in [0.1, 0.15) is 32.0 Å². The van der Waals surface area contributed by atoms with Crippen LogP contribution < -0.4 is 5.32 Å². The van der Waals surface area contributed by atoms with Crippen LogP contribution in [0, 0.1) is 5.92 Å². The molecular formula is C17H24N4O3S. The molecule has 0 saturated carbocycles. The van der Waals surface area contributed by atoms with Crippen molar-refractivity contribution in [2.45, 2.75) is 32.7 Å². The van der Waals surface area contributed by atoms with Crippen LogP contribution in [0.2, 0.25) is 0 Å². The molecule has 3 rings (SSSR count). The van der Waals surface area contributed by atoms with Gasteiger partial charge >= 0.3 is 0 Å². The summed E-state index contributed by atoms with van der Waals surface area (Å²) in [7, 11) is -3.25. The lowest BCUT2D eigenvalue weighted by Gasteiger charge is -2.31. The van der Waals surface area contributed by atoms with E-state index in [2.05, 4.69) is 15.3 Å². The fraction of sp³-hybridized carbons (Fsp3) is 0.529. The Hall–Kier alpha value is -1.93. The van der Waals surface area contributed by atoms with Gasteiger partial charge in [-0.2, -0.15) is 0 Å². The molecule has 8 heteroatoms. The molecule has 0 radical (unpaired) electrons. The maximum atomic E-state index is 12.4. The van der Waals surface area contributed by atoms with E-state index >= 15 is 0 Å². The molecule has 2 N–H and O–H groups in total. The van der Waals surface area contributed by atoms with Crippen LogP contribution in [-0.2, 0) is 21.4 Å². The van der Waals surface area contributed by atoms with Crippen LogP contribution in [-0.4, -0.2) is 47.4 Å². The number of para-hydroxylation sites is 2. The first-order valence-electron chi connectivity index (χ1n) is 8.69. The highest BCUT2D eigenvalue weighted by molar-refractivity contribution is 7.89. The standard InChI is InChI=1S/C17H24N4O3S/c1-2-10-25(23,24)21-9-5-6-13(12-21)17(22)18-11-16-19-14-7-3-4-8-15(14)20-16/h3-4,7-8,13H,2,5-6,9-12H2,1H3,(H,18,22)(H,19,20). The Balaban J connectivity index is 1.59. The van der Waals surface area contributed by atoms with E-state index in [0.29, 0.717) is 38.2 Å². The van der Waals surface area contributed by atoms with Gasteiger partial charge in [-0.1, -0.05) is 19.1 Å². The first kappa shape index (κ1) is 17.9. The minimum absolute atomic E-state index is 0.114. The molecule has 1 atom stereocenters. The Kier molecular flexibility index (Phi) is 5.39. The monoisotopic (exact) mass is 364 g/mol. The number of hydrogen-bond donors (Lipinski definition) is 2. The summed E-state index contributed by atoms with van der Waals surface area (Å²) in [5, 5.41) is 2.88. The molecular weight excluding hydrogens is 340 g/mol. The van der Waals surface area contributed by atoms with Gasteiger partial charge in [0.1, 0.15) is 5.82 Å². The molecule has 1 fully saturated rings. The van der Waals surface area contributed by atoms with E-state index < -0.39 is 10.0 Å². The van der Waals surface area contributed by atoms with E-state index in [1.165, 1.54) is 4.31 Å². The van der Waals surface area contributed by atoms with Gasteiger partial charge in [-0.3, -0.25) is 4.79 Å². The minimum Gasteiger partial charge on any atom is -0.349 e. The van der Waals surface area contributed by atoms with E-state index in [0.717, 1.165) is 11.0 Å². The maximum absolute atomic E-state index is 12.4. The number of hydrogen-bond acceptors (Lipinski definition) is 4. The molecule has 1 aliphatic heterocycles. The highest BCUT2D eigenvalue weighted by Gasteiger charge is 2.31. The number of fused-ring (bicyclic) bond motifs is 1. The number of aromatic nitrogens is 2. The lowest BCUT2D eigenvalue weighted by atomic mass is 9.99. The fourth-order valence-corrected chi connectivity index (χ4v) is 4.79. The van der Waals surface area contributed by atoms with Crippen molar-refractivity contribution in [3.05, 3.63) is 30.1 Å². The second-order valence-corrected chi connectivity index (χ2v) is 8.52. The molecule has 7 nitrogen and oxygen atoms in total. The number of H-pyrrole nitrogens is 1. The highest BCUT2D eigenvalue weighted by atomic mass is 32.2. The number of piperidine rings is 1. The Morgan fingerprint density at radius 2 is 2.20 bits per heavy atom. The number of sulfonamides is 1. The third kappa shape index (κ3) is 4.19. The largest absolute Gasteiger partial charge is 0.349 e. The predicted molar refractivity (Wildman–Crippen MR) is 96.3 cm³/mol. The third-order valence-electron chi connectivity index (χ3n) is 4.48. The molecule has 0 bridgehead atoms. The first-order chi connectivity index (χ1) is 12.0. The minimum atomic E-state index is -3.25. The van der Waals surface area contributed by atoms with Gasteiger partial charge in [0.15, 0.2) is 0 Å². The Morgan fingerprint density at radius 1 is 1.40 bits per heavy atom. The summed E-state index contributed by atoms with van der Waals surface area (Å²) in [5.74, 6) is 0.419. The van der Waals surface area contributed by atoms with Gasteiger partial charge in [0.2, 0.25) is 15.9 Å². The molecule has 1 amide bonds. The molecule has 25 heavy (non-hydrogen) atoms. The number of imidazole rings is 1. The lowest BCUT2D eigenvalue weighted by Crippen LogP contribution is -2.46. The lowest BCUT2D eigenvalue weighted by molar-refractivity contribution is -0.126. The Morgan fingerprint density at radius 3 is 2.96 bits per heavy atom. The molecule has 1 unspecified atom stereocenters. The van der Waals surface area contributed by atoms with E-state index in [9.17, 15) is 13.2 Å². The van der Waals surface area contributed by atoms with Gasteiger partial charge in [-0.15, -0.1) is 0 Å². The molecule has 0 spiro atoms. The topological polar surface area (TPSA) is 95.2 Å². The third-order valence-corrected chi connectivity index (χ3v) is 6.52. The van der Waals surface area contributed by atoms with Crippen LogP contribution in [0.15, 0.2) is 24.3 Å². The number of carbonyl (C=O) groups is 1. The summed E-state index contributed by atoms with van der Waals surface area (Å²) in [6.07, 6.45) is 2.01. The molecule has 0 aliphatic carbocycles. The number of nitrogens with zero attached hydrogens (tertiary/aromatic N) is 2. The van der Waals surface area contributed by atoms with Crippen molar-refractivity contribution in [2.75, 3.05) is 18.8 Å². The average molecular weight is 364 g/mol. The van der Waals surface area contributed by atoms with Gasteiger partial charge in [0, 0.05) is 13.1 Å². The summed E-state index contributed by atoms with van der Waals surface area (Å²) >= 11 is 0. The smallest absolute Gasteiger partial charge is 0.224 e. The number of amides is 1. The summed E-state index contributed by atoms with van der Waals surface area (Å²) < 4.78 is 25.9. The molecule has 1 saturated heterocycles. The van der Waals surface area contributed by atoms with Crippen LogP contribution >= 0.6 is 0 Å². The molecule has 1 aromatic heterocycles. The molecule has 2 aromatic rings. The van der Waals surface area contributed by atoms with E-state index in [1.807, 2.05) is 31.2 Å². The Labute approximate surface area is 147 Å². The van der Waals surface area contributed by atoms with Crippen molar-refractivity contribution < 1.29 is 13.2 Å². The number of carbonyl (C=O) groups excluding carboxylic acids is 1. The second kappa shape index (κ2) is 7.53. The van der Waals surface area contributed by atoms with Gasteiger partial charge in [0.25, 0.3) is 0 Å². The summed E-state index contributed by atoms with van der Waals surface area (Å²) in [4.78, 5) is 20.0. The number of aromatic amines is 1. The highest BCUT2D eigenvalue weighted by Crippen LogP contribution is 2.20. The number of rotatable bonds is 6. The second-order valence-electron chi connectivity index (χ2n) is 6.43. The predicted octanol–water partition coefficient (Wildman–Crippen LogP) is 1.63. The normalized spacial score (nSPS) is 19.2. The van der Waals surface area contributed by atoms with Crippen LogP contribution in [0.3, 0.4) is 0 Å². The molecule has 1 aromatic carbocycles. The zero-order chi connectivity index (χ0) is 17.9. The van der Waals surface area contributed by atoms with Crippen molar-refractivity contribution in [3.63, 3.8) is 0 Å². The van der Waals surface area contributed by atoms with E-state index in [4.69, 9.17) is 0 Å². The number of nitrogens with one attached hydrogen (secondary N) is 2. The van der Waals surface area contributed by atoms with E-state index in [-0.39, 0.29) is 24.1 Å². The number of benzene rings is 1. The van der Waals surface area contributed by atoms with Gasteiger partial charge in [0.05, 0.1) is 29.2 Å². The Bertz CT molecular complexity index is 813. The average Bonchev–Trinajstić information content (AvgIpc) is 3.02. The quantitative estimate of drug-likeness (QED) is 0.814. The van der Waals surface area contributed by atoms with Crippen LogP contribution in [0.25, 0.3) is 11.0 Å². The van der Waals surface area contributed by atoms with Crippen molar-refractivity contribution in [1.29, 1.82) is 0 Å². The van der Waals surface area contributed by atoms with E-state index in [1.54, 1.807) is 0 Å². The molecule has 1 aliphatic rings. The first-order valence-corrected chi connectivity index (χ1v) is 10.3. The molecule has 136 valence electrons.